The van der Waals surface area contributed by atoms with Crippen LogP contribution in [0.25, 0.3) is 0 Å². The van der Waals surface area contributed by atoms with Crippen LogP contribution >= 0.6 is 0 Å². The van der Waals surface area contributed by atoms with E-state index >= 15 is 0 Å². The summed E-state index contributed by atoms with van der Waals surface area (Å²) in [5.41, 5.74) is 6.48. The number of hydrogen-bond acceptors (Lipinski definition) is 4. The molecule has 0 heterocycles. The van der Waals surface area contributed by atoms with Gasteiger partial charge in [-0.1, -0.05) is 11.2 Å². The van der Waals surface area contributed by atoms with Gasteiger partial charge in [0.1, 0.15) is 5.82 Å². The maximum atomic E-state index is 13.2. The number of rotatable bonds is 7. The first-order chi connectivity index (χ1) is 9.08. The first kappa shape index (κ1) is 15.4. The Morgan fingerprint density at radius 3 is 2.89 bits per heavy atom. The van der Waals surface area contributed by atoms with Crippen LogP contribution in [0, 0.1) is 5.82 Å². The van der Waals surface area contributed by atoms with Crippen molar-refractivity contribution in [3.05, 3.63) is 35.1 Å². The van der Waals surface area contributed by atoms with E-state index < -0.39 is 5.82 Å². The van der Waals surface area contributed by atoms with Gasteiger partial charge in [-0.25, -0.2) is 4.39 Å². The average Bonchev–Trinajstić information content (AvgIpc) is 2.42. The highest BCUT2D eigenvalue weighted by Crippen LogP contribution is 2.13. The van der Waals surface area contributed by atoms with E-state index in [4.69, 9.17) is 20.4 Å². The Kier molecular flexibility index (Phi) is 6.24. The van der Waals surface area contributed by atoms with Gasteiger partial charge in [-0.3, -0.25) is 0 Å². The first-order valence-corrected chi connectivity index (χ1v) is 6.04. The van der Waals surface area contributed by atoms with Crippen molar-refractivity contribution in [2.45, 2.75) is 26.6 Å². The van der Waals surface area contributed by atoms with Gasteiger partial charge in [0.2, 0.25) is 0 Å². The summed E-state index contributed by atoms with van der Waals surface area (Å²) in [6.07, 6.45) is -0.0925. The molecule has 5 nitrogen and oxygen atoms in total. The van der Waals surface area contributed by atoms with Crippen LogP contribution < -0.4 is 5.73 Å². The van der Waals surface area contributed by atoms with E-state index in [0.29, 0.717) is 24.3 Å². The SMILES string of the molecule is CCOCC(C)OCc1ccc(F)cc1/C(N)=N/O. The van der Waals surface area contributed by atoms with E-state index in [1.807, 2.05) is 13.8 Å². The quantitative estimate of drug-likeness (QED) is 0.343. The normalized spacial score (nSPS) is 13.5. The molecule has 0 fully saturated rings. The molecule has 0 aliphatic carbocycles. The summed E-state index contributed by atoms with van der Waals surface area (Å²) in [6, 6.07) is 4.07. The van der Waals surface area contributed by atoms with Crippen molar-refractivity contribution in [3.63, 3.8) is 0 Å². The second-order valence-electron chi connectivity index (χ2n) is 4.07. The number of oxime groups is 1. The predicted molar refractivity (Wildman–Crippen MR) is 69.7 cm³/mol. The Morgan fingerprint density at radius 1 is 1.53 bits per heavy atom. The minimum absolute atomic E-state index is 0.0925. The molecular formula is C13H19FN2O3. The molecule has 0 aliphatic rings. The highest BCUT2D eigenvalue weighted by molar-refractivity contribution is 5.98. The molecule has 3 N–H and O–H groups in total. The van der Waals surface area contributed by atoms with Gasteiger partial charge in [0.15, 0.2) is 5.84 Å². The van der Waals surface area contributed by atoms with E-state index in [1.54, 1.807) is 6.07 Å². The van der Waals surface area contributed by atoms with Crippen molar-refractivity contribution in [1.29, 1.82) is 0 Å². The number of nitrogens with zero attached hydrogens (tertiary/aromatic N) is 1. The Labute approximate surface area is 111 Å². The molecule has 1 aromatic rings. The van der Waals surface area contributed by atoms with E-state index in [-0.39, 0.29) is 18.5 Å². The third kappa shape index (κ3) is 4.84. The number of benzene rings is 1. The molecule has 0 amide bonds. The molecule has 6 heteroatoms. The number of nitrogens with two attached hydrogens (primary N) is 1. The molecule has 0 saturated heterocycles. The predicted octanol–water partition coefficient (Wildman–Crippen LogP) is 1.86. The lowest BCUT2D eigenvalue weighted by Crippen LogP contribution is -2.19. The molecule has 19 heavy (non-hydrogen) atoms. The van der Waals surface area contributed by atoms with Crippen molar-refractivity contribution in [2.75, 3.05) is 13.2 Å². The third-order valence-electron chi connectivity index (χ3n) is 2.54. The fourth-order valence-electron chi connectivity index (χ4n) is 1.53. The second kappa shape index (κ2) is 7.70. The standard InChI is InChI=1S/C13H19FN2O3/c1-3-18-7-9(2)19-8-10-4-5-11(14)6-12(10)13(15)16-17/h4-6,9,17H,3,7-8H2,1-2H3,(H2,15,16). The molecule has 0 spiro atoms. The maximum Gasteiger partial charge on any atom is 0.170 e. The van der Waals surface area contributed by atoms with Gasteiger partial charge in [-0.15, -0.1) is 0 Å². The van der Waals surface area contributed by atoms with E-state index in [1.165, 1.54) is 12.1 Å². The molecule has 1 unspecified atom stereocenters. The van der Waals surface area contributed by atoms with Gasteiger partial charge in [0.25, 0.3) is 0 Å². The van der Waals surface area contributed by atoms with Crippen LogP contribution in [-0.4, -0.2) is 30.4 Å². The summed E-state index contributed by atoms with van der Waals surface area (Å²) in [5, 5.41) is 11.6. The van der Waals surface area contributed by atoms with Crippen molar-refractivity contribution < 1.29 is 19.1 Å². The molecule has 0 saturated carbocycles. The molecule has 106 valence electrons. The minimum Gasteiger partial charge on any atom is -0.409 e. The van der Waals surface area contributed by atoms with Gasteiger partial charge in [0, 0.05) is 12.2 Å². The number of hydrogen-bond donors (Lipinski definition) is 2. The molecule has 0 aliphatic heterocycles. The van der Waals surface area contributed by atoms with Crippen LogP contribution in [0.1, 0.15) is 25.0 Å². The molecule has 0 aromatic heterocycles. The molecule has 1 atom stereocenters. The summed E-state index contributed by atoms with van der Waals surface area (Å²) in [6.45, 7) is 5.13. The third-order valence-corrected chi connectivity index (χ3v) is 2.54. The van der Waals surface area contributed by atoms with Gasteiger partial charge in [0.05, 0.1) is 19.3 Å². The zero-order valence-corrected chi connectivity index (χ0v) is 11.1. The monoisotopic (exact) mass is 270 g/mol. The Morgan fingerprint density at radius 2 is 2.26 bits per heavy atom. The van der Waals surface area contributed by atoms with Crippen LogP contribution in [0.2, 0.25) is 0 Å². The molecular weight excluding hydrogens is 251 g/mol. The minimum atomic E-state index is -0.451. The van der Waals surface area contributed by atoms with Crippen LogP contribution in [0.15, 0.2) is 23.4 Å². The summed E-state index contributed by atoms with van der Waals surface area (Å²) < 4.78 is 24.0. The fraction of sp³-hybridized carbons (Fsp3) is 0.462. The number of halogens is 1. The molecule has 0 bridgehead atoms. The topological polar surface area (TPSA) is 77.1 Å². The van der Waals surface area contributed by atoms with Crippen molar-refractivity contribution in [1.82, 2.24) is 0 Å². The average molecular weight is 270 g/mol. The molecule has 1 aromatic carbocycles. The lowest BCUT2D eigenvalue weighted by Gasteiger charge is -2.14. The Balaban J connectivity index is 2.72. The zero-order chi connectivity index (χ0) is 14.3. The number of ether oxygens (including phenoxy) is 2. The van der Waals surface area contributed by atoms with Gasteiger partial charge in [-0.2, -0.15) is 0 Å². The first-order valence-electron chi connectivity index (χ1n) is 6.04. The van der Waals surface area contributed by atoms with Gasteiger partial charge < -0.3 is 20.4 Å². The lowest BCUT2D eigenvalue weighted by molar-refractivity contribution is -0.0117. The molecule has 0 radical (unpaired) electrons. The lowest BCUT2D eigenvalue weighted by atomic mass is 10.1. The van der Waals surface area contributed by atoms with E-state index in [9.17, 15) is 4.39 Å². The summed E-state index contributed by atoms with van der Waals surface area (Å²) in [5.74, 6) is -0.594. The van der Waals surface area contributed by atoms with Crippen LogP contribution in [0.4, 0.5) is 4.39 Å². The number of amidine groups is 1. The highest BCUT2D eigenvalue weighted by atomic mass is 19.1. The Bertz CT molecular complexity index is 438. The fourth-order valence-corrected chi connectivity index (χ4v) is 1.53. The maximum absolute atomic E-state index is 13.2. The van der Waals surface area contributed by atoms with E-state index in [0.717, 1.165) is 0 Å². The highest BCUT2D eigenvalue weighted by Gasteiger charge is 2.10. The van der Waals surface area contributed by atoms with Crippen molar-refractivity contribution in [3.8, 4) is 0 Å². The van der Waals surface area contributed by atoms with Gasteiger partial charge in [-0.05, 0) is 31.5 Å². The largest absolute Gasteiger partial charge is 0.409 e. The smallest absolute Gasteiger partial charge is 0.170 e. The second-order valence-corrected chi connectivity index (χ2v) is 4.07. The summed E-state index contributed by atoms with van der Waals surface area (Å²) >= 11 is 0. The van der Waals surface area contributed by atoms with Gasteiger partial charge >= 0.3 is 0 Å². The van der Waals surface area contributed by atoms with Crippen molar-refractivity contribution >= 4 is 5.84 Å². The molecule has 1 rings (SSSR count). The van der Waals surface area contributed by atoms with Crippen molar-refractivity contribution in [2.24, 2.45) is 10.9 Å². The van der Waals surface area contributed by atoms with Crippen LogP contribution in [0.3, 0.4) is 0 Å². The van der Waals surface area contributed by atoms with E-state index in [2.05, 4.69) is 5.16 Å². The van der Waals surface area contributed by atoms with Crippen LogP contribution in [0.5, 0.6) is 0 Å². The van der Waals surface area contributed by atoms with Crippen LogP contribution in [-0.2, 0) is 16.1 Å². The zero-order valence-electron chi connectivity index (χ0n) is 11.1. The summed E-state index contributed by atoms with van der Waals surface area (Å²) in [7, 11) is 0. The Hall–Kier alpha value is -1.66. The summed E-state index contributed by atoms with van der Waals surface area (Å²) in [4.78, 5) is 0.